The van der Waals surface area contributed by atoms with Crippen LogP contribution in [0.25, 0.3) is 0 Å². The van der Waals surface area contributed by atoms with E-state index in [0.717, 1.165) is 5.75 Å². The molecule has 4 heteroatoms. The molecule has 0 aromatic heterocycles. The molecule has 2 unspecified atom stereocenters. The van der Waals surface area contributed by atoms with Crippen LogP contribution in [-0.4, -0.2) is 30.4 Å². The molecule has 2 N–H and O–H groups in total. The average molecular weight is 195 g/mol. The molecule has 0 saturated carbocycles. The number of carbonyl (C=O) groups is 1. The van der Waals surface area contributed by atoms with Crippen LogP contribution in [0.15, 0.2) is 0 Å². The lowest BCUT2D eigenvalue weighted by Crippen LogP contribution is -2.25. The van der Waals surface area contributed by atoms with E-state index in [1.807, 2.05) is 6.92 Å². The molecule has 0 rings (SSSR count). The lowest BCUT2D eigenvalue weighted by molar-refractivity contribution is -0.120. The van der Waals surface area contributed by atoms with Crippen LogP contribution in [0.3, 0.4) is 0 Å². The van der Waals surface area contributed by atoms with E-state index in [4.69, 9.17) is 5.73 Å². The summed E-state index contributed by atoms with van der Waals surface area (Å²) in [5.74, 6) is 0.818. The normalized spacial score (nSPS) is 16.5. The second-order valence-corrected chi connectivity index (χ2v) is 9.45. The van der Waals surface area contributed by atoms with Gasteiger partial charge in [0.25, 0.3) is 0 Å². The van der Waals surface area contributed by atoms with Crippen LogP contribution < -0.4 is 5.73 Å². The Hall–Kier alpha value is 0.170. The molecule has 2 nitrogen and oxygen atoms in total. The summed E-state index contributed by atoms with van der Waals surface area (Å²) in [5, 5.41) is 0. The molecule has 0 bridgehead atoms. The van der Waals surface area contributed by atoms with Crippen LogP contribution in [0.2, 0.25) is 0 Å². The Kier molecular flexibility index (Phi) is 5.01. The first-order chi connectivity index (χ1) is 4.95. The van der Waals surface area contributed by atoms with Crippen molar-refractivity contribution < 1.29 is 4.79 Å². The number of amides is 1. The number of rotatable bonds is 3. The van der Waals surface area contributed by atoms with Crippen LogP contribution in [-0.2, 0) is 23.7 Å². The fourth-order valence-electron chi connectivity index (χ4n) is 0.570. The van der Waals surface area contributed by atoms with Crippen molar-refractivity contribution >= 4 is 24.8 Å². The van der Waals surface area contributed by atoms with Crippen molar-refractivity contribution in [1.29, 1.82) is 0 Å². The maximum absolute atomic E-state index is 10.7. The maximum atomic E-state index is 10.7. The Morgan fingerprint density at radius 3 is 2.18 bits per heavy atom. The molecule has 0 aliphatic rings. The standard InChI is InChI=1S/C7H17NOS2/c1-6(7(8)9)5-11(4)10(2)3/h6H,5H2,1-4H3,(H2,8,9). The Morgan fingerprint density at radius 2 is 1.91 bits per heavy atom. The van der Waals surface area contributed by atoms with Gasteiger partial charge in [0.15, 0.2) is 0 Å². The summed E-state index contributed by atoms with van der Waals surface area (Å²) >= 11 is 0. The number of hydrogen-bond acceptors (Lipinski definition) is 1. The zero-order chi connectivity index (χ0) is 9.02. The lowest BCUT2D eigenvalue weighted by Gasteiger charge is -2.10. The highest BCUT2D eigenvalue weighted by Crippen LogP contribution is 1.98. The van der Waals surface area contributed by atoms with Gasteiger partial charge in [-0.05, 0) is 18.8 Å². The van der Waals surface area contributed by atoms with E-state index in [9.17, 15) is 4.79 Å². The molecule has 1 amide bonds. The second kappa shape index (κ2) is 4.93. The first kappa shape index (κ1) is 11.2. The summed E-state index contributed by atoms with van der Waals surface area (Å²) in [5.41, 5.74) is 5.15. The molecule has 11 heavy (non-hydrogen) atoms. The van der Waals surface area contributed by atoms with Crippen molar-refractivity contribution in [1.82, 2.24) is 0 Å². The Balaban J connectivity index is 4.06. The number of hydrogen-bond donors (Lipinski definition) is 1. The molecule has 0 heterocycles. The smallest absolute Gasteiger partial charge is 0.221 e. The third-order valence-electron chi connectivity index (χ3n) is 1.54. The summed E-state index contributed by atoms with van der Waals surface area (Å²) < 4.78 is 0. The lowest BCUT2D eigenvalue weighted by atomic mass is 10.2. The zero-order valence-electron chi connectivity index (χ0n) is 7.59. The molecule has 0 spiro atoms. The Bertz CT molecular complexity index is 185. The van der Waals surface area contributed by atoms with Crippen molar-refractivity contribution in [2.75, 3.05) is 24.5 Å². The van der Waals surface area contributed by atoms with E-state index in [2.05, 4.69) is 18.8 Å². The van der Waals surface area contributed by atoms with Gasteiger partial charge >= 0.3 is 0 Å². The average Bonchev–Trinajstić information content (AvgIpc) is 1.87. The van der Waals surface area contributed by atoms with Gasteiger partial charge in [-0.25, -0.2) is 0 Å². The predicted molar refractivity (Wildman–Crippen MR) is 55.7 cm³/mol. The Morgan fingerprint density at radius 1 is 1.45 bits per heavy atom. The van der Waals surface area contributed by atoms with E-state index in [-0.39, 0.29) is 11.8 Å². The molecular weight excluding hydrogens is 178 g/mol. The highest BCUT2D eigenvalue weighted by Gasteiger charge is 2.08. The van der Waals surface area contributed by atoms with Gasteiger partial charge in [0.2, 0.25) is 5.91 Å². The third-order valence-corrected chi connectivity index (χ3v) is 7.47. The molecule has 0 aromatic rings. The summed E-state index contributed by atoms with van der Waals surface area (Å²) in [6.07, 6.45) is 6.61. The summed E-state index contributed by atoms with van der Waals surface area (Å²) in [6, 6.07) is 0. The van der Waals surface area contributed by atoms with Crippen LogP contribution in [0, 0.1) is 5.92 Å². The number of carbonyl (C=O) groups excluding carboxylic acids is 1. The molecule has 0 aliphatic carbocycles. The largest absolute Gasteiger partial charge is 0.369 e. The highest BCUT2D eigenvalue weighted by atomic mass is 32.9. The topological polar surface area (TPSA) is 43.1 Å². The van der Waals surface area contributed by atoms with Gasteiger partial charge in [-0.15, -0.1) is 0 Å². The van der Waals surface area contributed by atoms with Crippen LogP contribution in [0.1, 0.15) is 6.92 Å². The van der Waals surface area contributed by atoms with Gasteiger partial charge in [0.05, 0.1) is 0 Å². The quantitative estimate of drug-likeness (QED) is 0.684. The van der Waals surface area contributed by atoms with Gasteiger partial charge in [0, 0.05) is 11.7 Å². The maximum Gasteiger partial charge on any atom is 0.221 e. The minimum Gasteiger partial charge on any atom is -0.369 e. The van der Waals surface area contributed by atoms with E-state index in [1.54, 1.807) is 0 Å². The van der Waals surface area contributed by atoms with Gasteiger partial charge < -0.3 is 5.73 Å². The van der Waals surface area contributed by atoms with Crippen LogP contribution in [0.5, 0.6) is 0 Å². The summed E-state index contributed by atoms with van der Waals surface area (Å²) in [7, 11) is 0.777. The SMILES string of the molecule is CC(CS(C)=S(C)C)C(N)=O. The van der Waals surface area contributed by atoms with Crippen molar-refractivity contribution in [2.24, 2.45) is 11.7 Å². The van der Waals surface area contributed by atoms with Crippen molar-refractivity contribution in [2.45, 2.75) is 6.92 Å². The molecule has 0 aliphatic heterocycles. The first-order valence-corrected chi connectivity index (χ1v) is 7.81. The summed E-state index contributed by atoms with van der Waals surface area (Å²) in [4.78, 5) is 10.7. The molecule has 2 atom stereocenters. The molecule has 0 saturated heterocycles. The third kappa shape index (κ3) is 4.58. The molecule has 0 radical (unpaired) electrons. The molecular formula is C7H17NOS2. The number of nitrogens with two attached hydrogens (primary N) is 1. The van der Waals surface area contributed by atoms with Crippen molar-refractivity contribution in [3.8, 4) is 0 Å². The van der Waals surface area contributed by atoms with Crippen molar-refractivity contribution in [3.05, 3.63) is 0 Å². The number of primary amides is 1. The first-order valence-electron chi connectivity index (χ1n) is 3.45. The van der Waals surface area contributed by atoms with Crippen molar-refractivity contribution in [3.63, 3.8) is 0 Å². The summed E-state index contributed by atoms with van der Waals surface area (Å²) in [6.45, 7) is 1.90. The predicted octanol–water partition coefficient (Wildman–Crippen LogP) is 0.149. The molecule has 0 fully saturated rings. The van der Waals surface area contributed by atoms with Gasteiger partial charge in [-0.2, -0.15) is 18.9 Å². The van der Waals surface area contributed by atoms with Gasteiger partial charge in [0.1, 0.15) is 0 Å². The molecule has 68 valence electrons. The second-order valence-electron chi connectivity index (χ2n) is 2.78. The zero-order valence-corrected chi connectivity index (χ0v) is 9.22. The minimum atomic E-state index is -0.171. The van der Waals surface area contributed by atoms with Gasteiger partial charge in [-0.1, -0.05) is 6.92 Å². The van der Waals surface area contributed by atoms with Gasteiger partial charge in [-0.3, -0.25) is 4.79 Å². The molecule has 0 aromatic carbocycles. The fraction of sp³-hybridized carbons (Fsp3) is 0.857. The van der Waals surface area contributed by atoms with E-state index in [0.29, 0.717) is 18.9 Å². The van der Waals surface area contributed by atoms with E-state index < -0.39 is 0 Å². The van der Waals surface area contributed by atoms with Crippen LogP contribution in [0.4, 0.5) is 0 Å². The monoisotopic (exact) mass is 195 g/mol. The van der Waals surface area contributed by atoms with Crippen LogP contribution >= 0.6 is 0 Å². The Labute approximate surface area is 73.1 Å². The fourth-order valence-corrected chi connectivity index (χ4v) is 3.14. The highest BCUT2D eigenvalue weighted by molar-refractivity contribution is 8.43. The van der Waals surface area contributed by atoms with E-state index >= 15 is 0 Å². The van der Waals surface area contributed by atoms with E-state index in [1.165, 1.54) is 0 Å². The minimum absolute atomic E-state index is 0.0400.